The van der Waals surface area contributed by atoms with Gasteiger partial charge in [-0.1, -0.05) is 12.1 Å². The number of nitrogens with zero attached hydrogens (tertiary/aromatic N) is 1. The first kappa shape index (κ1) is 15.6. The molecular formula is C13H20N2O4. The fourth-order valence-corrected chi connectivity index (χ4v) is 1.75. The van der Waals surface area contributed by atoms with E-state index in [2.05, 4.69) is 5.32 Å². The third-order valence-electron chi connectivity index (χ3n) is 3.05. The molecule has 0 aromatic heterocycles. The van der Waals surface area contributed by atoms with E-state index in [0.717, 1.165) is 5.56 Å². The van der Waals surface area contributed by atoms with Gasteiger partial charge in [0, 0.05) is 38.4 Å². The highest BCUT2D eigenvalue weighted by Gasteiger charge is 2.15. The van der Waals surface area contributed by atoms with Gasteiger partial charge in [0.25, 0.3) is 5.69 Å². The molecule has 0 aliphatic carbocycles. The molecule has 0 amide bonds. The maximum atomic E-state index is 10.9. The van der Waals surface area contributed by atoms with Gasteiger partial charge in [0.1, 0.15) is 0 Å². The van der Waals surface area contributed by atoms with Crippen LogP contribution in [0.2, 0.25) is 0 Å². The lowest BCUT2D eigenvalue weighted by atomic mass is 10.0. The Morgan fingerprint density at radius 1 is 1.37 bits per heavy atom. The van der Waals surface area contributed by atoms with Gasteiger partial charge in [0.15, 0.2) is 6.29 Å². The van der Waals surface area contributed by atoms with E-state index in [1.54, 1.807) is 33.3 Å². The number of hydrogen-bond acceptors (Lipinski definition) is 5. The molecule has 1 aromatic rings. The number of rotatable bonds is 7. The van der Waals surface area contributed by atoms with E-state index < -0.39 is 0 Å². The van der Waals surface area contributed by atoms with Crippen LogP contribution in [0.25, 0.3) is 0 Å². The molecule has 1 N–H and O–H groups in total. The number of methoxy groups -OCH3 is 2. The van der Waals surface area contributed by atoms with Crippen LogP contribution in [0.15, 0.2) is 18.2 Å². The highest BCUT2D eigenvalue weighted by molar-refractivity contribution is 5.43. The summed E-state index contributed by atoms with van der Waals surface area (Å²) >= 11 is 0. The van der Waals surface area contributed by atoms with Crippen molar-refractivity contribution in [2.75, 3.05) is 20.8 Å². The number of nitrogens with one attached hydrogen (secondary N) is 1. The summed E-state index contributed by atoms with van der Waals surface area (Å²) in [4.78, 5) is 10.5. The standard InChI is InChI=1S/C13H20N2O4/c1-9-5-6-11(7-12(9)15(16)17)10(2)14-8-13(18-3)19-4/h5-7,10,13-14H,8H2,1-4H3. The molecule has 6 heteroatoms. The van der Waals surface area contributed by atoms with Gasteiger partial charge in [-0.25, -0.2) is 0 Å². The lowest BCUT2D eigenvalue weighted by Crippen LogP contribution is -2.31. The van der Waals surface area contributed by atoms with Crippen molar-refractivity contribution in [2.45, 2.75) is 26.2 Å². The lowest BCUT2D eigenvalue weighted by Gasteiger charge is -2.19. The molecule has 0 aliphatic heterocycles. The molecule has 1 unspecified atom stereocenters. The second-order valence-electron chi connectivity index (χ2n) is 4.33. The quantitative estimate of drug-likeness (QED) is 0.466. The average molecular weight is 268 g/mol. The van der Waals surface area contributed by atoms with Crippen molar-refractivity contribution in [2.24, 2.45) is 0 Å². The SMILES string of the molecule is COC(CNC(C)c1ccc(C)c([N+](=O)[O-])c1)OC. The van der Waals surface area contributed by atoms with Crippen molar-refractivity contribution in [3.8, 4) is 0 Å². The fraction of sp³-hybridized carbons (Fsp3) is 0.538. The van der Waals surface area contributed by atoms with Gasteiger partial charge in [-0.3, -0.25) is 10.1 Å². The van der Waals surface area contributed by atoms with E-state index in [0.29, 0.717) is 12.1 Å². The first-order valence-electron chi connectivity index (χ1n) is 6.03. The molecule has 6 nitrogen and oxygen atoms in total. The van der Waals surface area contributed by atoms with Crippen molar-refractivity contribution in [1.29, 1.82) is 0 Å². The van der Waals surface area contributed by atoms with Gasteiger partial charge in [0.05, 0.1) is 4.92 Å². The minimum atomic E-state index is -0.362. The minimum Gasteiger partial charge on any atom is -0.355 e. The molecule has 1 atom stereocenters. The van der Waals surface area contributed by atoms with Crippen molar-refractivity contribution in [3.05, 3.63) is 39.4 Å². The summed E-state index contributed by atoms with van der Waals surface area (Å²) in [7, 11) is 3.13. The van der Waals surface area contributed by atoms with Crippen LogP contribution in [0.5, 0.6) is 0 Å². The zero-order valence-electron chi connectivity index (χ0n) is 11.7. The highest BCUT2D eigenvalue weighted by Crippen LogP contribution is 2.23. The molecule has 1 rings (SSSR count). The Morgan fingerprint density at radius 3 is 2.53 bits per heavy atom. The summed E-state index contributed by atoms with van der Waals surface area (Å²) in [6.07, 6.45) is -0.331. The van der Waals surface area contributed by atoms with Gasteiger partial charge in [0.2, 0.25) is 0 Å². The van der Waals surface area contributed by atoms with Crippen molar-refractivity contribution in [3.63, 3.8) is 0 Å². The predicted molar refractivity (Wildman–Crippen MR) is 72.1 cm³/mol. The van der Waals surface area contributed by atoms with Crippen molar-refractivity contribution >= 4 is 5.69 Å². The Balaban J connectivity index is 2.74. The largest absolute Gasteiger partial charge is 0.355 e. The minimum absolute atomic E-state index is 0.0212. The number of nitro groups is 1. The van der Waals surface area contributed by atoms with Gasteiger partial charge in [-0.05, 0) is 19.4 Å². The van der Waals surface area contributed by atoms with Crippen molar-refractivity contribution < 1.29 is 14.4 Å². The monoisotopic (exact) mass is 268 g/mol. The molecule has 0 heterocycles. The zero-order valence-corrected chi connectivity index (χ0v) is 11.7. The van der Waals surface area contributed by atoms with Crippen LogP contribution in [0.1, 0.15) is 24.1 Å². The molecule has 0 saturated carbocycles. The van der Waals surface area contributed by atoms with E-state index in [-0.39, 0.29) is 22.9 Å². The smallest absolute Gasteiger partial charge is 0.272 e. The number of aryl methyl sites for hydroxylation is 1. The van der Waals surface area contributed by atoms with Crippen LogP contribution in [-0.2, 0) is 9.47 Å². The molecule has 0 bridgehead atoms. The predicted octanol–water partition coefficient (Wildman–Crippen LogP) is 2.17. The van der Waals surface area contributed by atoms with Crippen LogP contribution < -0.4 is 5.32 Å². The zero-order chi connectivity index (χ0) is 14.4. The maximum absolute atomic E-state index is 10.9. The van der Waals surface area contributed by atoms with E-state index in [1.165, 1.54) is 0 Å². The fourth-order valence-electron chi connectivity index (χ4n) is 1.75. The van der Waals surface area contributed by atoms with E-state index in [4.69, 9.17) is 9.47 Å². The topological polar surface area (TPSA) is 73.6 Å². The average Bonchev–Trinajstić information content (AvgIpc) is 2.39. The number of hydrogen-bond donors (Lipinski definition) is 1. The van der Waals surface area contributed by atoms with Gasteiger partial charge >= 0.3 is 0 Å². The number of benzene rings is 1. The molecule has 106 valence electrons. The molecule has 0 spiro atoms. The number of ether oxygens (including phenoxy) is 2. The molecular weight excluding hydrogens is 248 g/mol. The van der Waals surface area contributed by atoms with E-state index in [9.17, 15) is 10.1 Å². The summed E-state index contributed by atoms with van der Waals surface area (Å²) in [5, 5.41) is 14.1. The molecule has 0 fully saturated rings. The van der Waals surface area contributed by atoms with Crippen LogP contribution in [0.3, 0.4) is 0 Å². The Bertz CT molecular complexity index is 433. The van der Waals surface area contributed by atoms with E-state index in [1.807, 2.05) is 13.0 Å². The Hall–Kier alpha value is -1.50. The summed E-state index contributed by atoms with van der Waals surface area (Å²) in [5.74, 6) is 0. The highest BCUT2D eigenvalue weighted by atomic mass is 16.7. The second kappa shape index (κ2) is 7.18. The Morgan fingerprint density at radius 2 is 2.00 bits per heavy atom. The lowest BCUT2D eigenvalue weighted by molar-refractivity contribution is -0.385. The Kier molecular flexibility index (Phi) is 5.88. The number of nitro benzene ring substituents is 1. The third-order valence-corrected chi connectivity index (χ3v) is 3.05. The van der Waals surface area contributed by atoms with Crippen LogP contribution in [0, 0.1) is 17.0 Å². The summed E-state index contributed by atoms with van der Waals surface area (Å²) in [6.45, 7) is 4.18. The summed E-state index contributed by atoms with van der Waals surface area (Å²) in [6, 6.07) is 5.22. The van der Waals surface area contributed by atoms with Gasteiger partial charge in [-0.15, -0.1) is 0 Å². The third kappa shape index (κ3) is 4.27. The molecule has 0 aliphatic rings. The Labute approximate surface area is 112 Å². The van der Waals surface area contributed by atoms with Crippen LogP contribution in [0.4, 0.5) is 5.69 Å². The van der Waals surface area contributed by atoms with Gasteiger partial charge < -0.3 is 14.8 Å². The second-order valence-corrected chi connectivity index (χ2v) is 4.33. The summed E-state index contributed by atoms with van der Waals surface area (Å²) in [5.41, 5.74) is 1.66. The van der Waals surface area contributed by atoms with Crippen LogP contribution in [-0.4, -0.2) is 32.0 Å². The first-order valence-corrected chi connectivity index (χ1v) is 6.03. The first-order chi connectivity index (χ1) is 8.99. The molecule has 0 saturated heterocycles. The van der Waals surface area contributed by atoms with E-state index >= 15 is 0 Å². The van der Waals surface area contributed by atoms with Gasteiger partial charge in [-0.2, -0.15) is 0 Å². The molecule has 19 heavy (non-hydrogen) atoms. The molecule has 0 radical (unpaired) electrons. The molecule has 1 aromatic carbocycles. The van der Waals surface area contributed by atoms with Crippen LogP contribution >= 0.6 is 0 Å². The summed E-state index contributed by atoms with van der Waals surface area (Å²) < 4.78 is 10.1. The normalized spacial score (nSPS) is 12.7. The van der Waals surface area contributed by atoms with Crippen molar-refractivity contribution in [1.82, 2.24) is 5.32 Å². The maximum Gasteiger partial charge on any atom is 0.272 e.